The average molecular weight is 421 g/mol. The first-order chi connectivity index (χ1) is 15.0. The number of para-hydroxylation sites is 1. The van der Waals surface area contributed by atoms with Crippen LogP contribution in [0.15, 0.2) is 95.9 Å². The summed E-state index contributed by atoms with van der Waals surface area (Å²) in [5.41, 5.74) is 3.69. The van der Waals surface area contributed by atoms with E-state index in [2.05, 4.69) is 42.8 Å². The molecule has 0 unspecified atom stereocenters. The Morgan fingerprint density at radius 2 is 1.42 bits per heavy atom. The molecule has 0 aliphatic carbocycles. The number of hydrogen-bond acceptors (Lipinski definition) is 2. The highest BCUT2D eigenvalue weighted by molar-refractivity contribution is 6.91. The van der Waals surface area contributed by atoms with E-state index < -0.39 is 8.07 Å². The number of benzene rings is 3. The number of hydrogen-bond donors (Lipinski definition) is 0. The van der Waals surface area contributed by atoms with Crippen LogP contribution in [-0.4, -0.2) is 17.6 Å². The normalized spacial score (nSPS) is 11.8. The lowest BCUT2D eigenvalue weighted by Crippen LogP contribution is -2.43. The van der Waals surface area contributed by atoms with E-state index in [9.17, 15) is 4.79 Å². The van der Waals surface area contributed by atoms with Crippen LogP contribution in [0, 0.1) is 0 Å². The van der Waals surface area contributed by atoms with Gasteiger partial charge in [-0.25, -0.2) is 0 Å². The standard InChI is InChI=1S/C27H24N2OSi/c1-31(2,3)26-21-15-7-8-16-22(21)27(30)29(25(26)20-11-5-4-6-12-20)23-17-9-13-19-14-10-18-28-24(19)23/h4-18H,1-3H3. The first kappa shape index (κ1) is 19.5. The fraction of sp³-hybridized carbons (Fsp3) is 0.111. The van der Waals surface area contributed by atoms with E-state index in [0.717, 1.165) is 38.6 Å². The highest BCUT2D eigenvalue weighted by Gasteiger charge is 2.28. The summed E-state index contributed by atoms with van der Waals surface area (Å²) >= 11 is 0. The van der Waals surface area contributed by atoms with E-state index in [1.165, 1.54) is 5.19 Å². The Morgan fingerprint density at radius 1 is 0.742 bits per heavy atom. The van der Waals surface area contributed by atoms with Gasteiger partial charge in [0, 0.05) is 17.0 Å². The van der Waals surface area contributed by atoms with Crippen LogP contribution in [-0.2, 0) is 0 Å². The van der Waals surface area contributed by atoms with Crippen LogP contribution in [0.4, 0.5) is 0 Å². The summed E-state index contributed by atoms with van der Waals surface area (Å²) in [5, 5.41) is 4.14. The van der Waals surface area contributed by atoms with Crippen molar-refractivity contribution in [2.24, 2.45) is 0 Å². The molecule has 0 atom stereocenters. The maximum absolute atomic E-state index is 14.0. The largest absolute Gasteiger partial charge is 0.274 e. The van der Waals surface area contributed by atoms with Gasteiger partial charge < -0.3 is 0 Å². The zero-order chi connectivity index (χ0) is 21.6. The van der Waals surface area contributed by atoms with E-state index in [0.29, 0.717) is 0 Å². The van der Waals surface area contributed by atoms with Crippen LogP contribution in [0.25, 0.3) is 38.6 Å². The van der Waals surface area contributed by atoms with Gasteiger partial charge in [0.2, 0.25) is 0 Å². The molecule has 31 heavy (non-hydrogen) atoms. The minimum Gasteiger partial charge on any atom is -0.274 e. The zero-order valence-electron chi connectivity index (χ0n) is 18.0. The molecule has 4 heteroatoms. The molecule has 0 fully saturated rings. The van der Waals surface area contributed by atoms with Gasteiger partial charge in [-0.15, -0.1) is 0 Å². The molecule has 0 spiro atoms. The SMILES string of the molecule is C[Si](C)(C)c1c(-c2ccccc2)n(-c2cccc3cccnc23)c(=O)c2ccccc12. The summed E-state index contributed by atoms with van der Waals surface area (Å²) in [6, 6.07) is 28.3. The maximum Gasteiger partial charge on any atom is 0.263 e. The molecule has 5 aromatic rings. The molecule has 0 saturated carbocycles. The third kappa shape index (κ3) is 3.20. The van der Waals surface area contributed by atoms with Crippen LogP contribution in [0.2, 0.25) is 19.6 Å². The van der Waals surface area contributed by atoms with E-state index in [-0.39, 0.29) is 5.56 Å². The van der Waals surface area contributed by atoms with Crippen molar-refractivity contribution in [2.75, 3.05) is 0 Å². The molecule has 0 N–H and O–H groups in total. The molecule has 0 amide bonds. The molecule has 0 saturated heterocycles. The first-order valence-corrected chi connectivity index (χ1v) is 14.0. The summed E-state index contributed by atoms with van der Waals surface area (Å²) in [6.07, 6.45) is 1.79. The van der Waals surface area contributed by atoms with Crippen LogP contribution in [0.3, 0.4) is 0 Å². The Kier molecular flexibility index (Phi) is 4.60. The molecule has 5 rings (SSSR count). The van der Waals surface area contributed by atoms with Crippen LogP contribution >= 0.6 is 0 Å². The van der Waals surface area contributed by atoms with E-state index in [4.69, 9.17) is 0 Å². The Morgan fingerprint density at radius 3 is 2.16 bits per heavy atom. The maximum atomic E-state index is 14.0. The van der Waals surface area contributed by atoms with E-state index in [1.807, 2.05) is 71.3 Å². The van der Waals surface area contributed by atoms with Gasteiger partial charge in [-0.2, -0.15) is 0 Å². The zero-order valence-corrected chi connectivity index (χ0v) is 19.0. The predicted octanol–water partition coefficient (Wildman–Crippen LogP) is 5.75. The summed E-state index contributed by atoms with van der Waals surface area (Å²) in [7, 11) is -1.86. The van der Waals surface area contributed by atoms with Gasteiger partial charge in [0.1, 0.15) is 0 Å². The highest BCUT2D eigenvalue weighted by Crippen LogP contribution is 2.29. The Labute approximate surface area is 182 Å². The predicted molar refractivity (Wildman–Crippen MR) is 133 cm³/mol. The molecule has 0 radical (unpaired) electrons. The third-order valence-electron chi connectivity index (χ3n) is 5.74. The monoisotopic (exact) mass is 420 g/mol. The lowest BCUT2D eigenvalue weighted by atomic mass is 10.0. The molecule has 2 heterocycles. The summed E-state index contributed by atoms with van der Waals surface area (Å²) in [5.74, 6) is 0. The second-order valence-corrected chi connectivity index (χ2v) is 13.9. The Balaban J connectivity index is 2.07. The summed E-state index contributed by atoms with van der Waals surface area (Å²) in [6.45, 7) is 7.03. The summed E-state index contributed by atoms with van der Waals surface area (Å²) in [4.78, 5) is 18.7. The van der Waals surface area contributed by atoms with Gasteiger partial charge in [0.25, 0.3) is 5.56 Å². The van der Waals surface area contributed by atoms with Gasteiger partial charge in [-0.3, -0.25) is 14.3 Å². The lowest BCUT2D eigenvalue weighted by Gasteiger charge is -2.27. The molecule has 152 valence electrons. The molecule has 0 aliphatic heterocycles. The molecular weight excluding hydrogens is 396 g/mol. The third-order valence-corrected chi connectivity index (χ3v) is 7.75. The van der Waals surface area contributed by atoms with Gasteiger partial charge >= 0.3 is 0 Å². The highest BCUT2D eigenvalue weighted by atomic mass is 28.3. The van der Waals surface area contributed by atoms with Crippen molar-refractivity contribution in [3.05, 3.63) is 101 Å². The number of fused-ring (bicyclic) bond motifs is 2. The second-order valence-electron chi connectivity index (χ2n) is 8.88. The Hall–Kier alpha value is -3.50. The molecule has 3 nitrogen and oxygen atoms in total. The molecular formula is C27H24N2OSi. The summed E-state index contributed by atoms with van der Waals surface area (Å²) < 4.78 is 1.90. The van der Waals surface area contributed by atoms with E-state index >= 15 is 0 Å². The Bertz CT molecular complexity index is 1480. The number of nitrogens with zero attached hydrogens (tertiary/aromatic N) is 2. The molecule has 2 aromatic heterocycles. The van der Waals surface area contributed by atoms with Gasteiger partial charge in [0.15, 0.2) is 0 Å². The molecule has 0 bridgehead atoms. The molecule has 0 aliphatic rings. The van der Waals surface area contributed by atoms with E-state index in [1.54, 1.807) is 6.20 Å². The number of pyridine rings is 2. The van der Waals surface area contributed by atoms with Crippen molar-refractivity contribution < 1.29 is 0 Å². The van der Waals surface area contributed by atoms with Gasteiger partial charge in [0.05, 0.1) is 25.0 Å². The minimum atomic E-state index is -1.86. The van der Waals surface area contributed by atoms with Crippen molar-refractivity contribution in [2.45, 2.75) is 19.6 Å². The first-order valence-electron chi connectivity index (χ1n) is 10.5. The van der Waals surface area contributed by atoms with Crippen molar-refractivity contribution in [3.63, 3.8) is 0 Å². The minimum absolute atomic E-state index is 0.00499. The quantitative estimate of drug-likeness (QED) is 0.348. The lowest BCUT2D eigenvalue weighted by molar-refractivity contribution is 1.03. The number of rotatable bonds is 3. The van der Waals surface area contributed by atoms with Crippen LogP contribution in [0.1, 0.15) is 0 Å². The van der Waals surface area contributed by atoms with Crippen LogP contribution in [0.5, 0.6) is 0 Å². The van der Waals surface area contributed by atoms with Crippen molar-refractivity contribution in [1.82, 2.24) is 9.55 Å². The second kappa shape index (κ2) is 7.32. The van der Waals surface area contributed by atoms with Crippen molar-refractivity contribution in [3.8, 4) is 16.9 Å². The van der Waals surface area contributed by atoms with Crippen LogP contribution < -0.4 is 10.7 Å². The fourth-order valence-electron chi connectivity index (χ4n) is 4.48. The van der Waals surface area contributed by atoms with Crippen molar-refractivity contribution >= 4 is 34.9 Å². The van der Waals surface area contributed by atoms with Gasteiger partial charge in [-0.05, 0) is 34.3 Å². The van der Waals surface area contributed by atoms with Gasteiger partial charge in [-0.1, -0.05) is 86.4 Å². The smallest absolute Gasteiger partial charge is 0.263 e. The molecule has 3 aromatic carbocycles. The van der Waals surface area contributed by atoms with Crippen molar-refractivity contribution in [1.29, 1.82) is 0 Å². The fourth-order valence-corrected chi connectivity index (χ4v) is 6.47. The topological polar surface area (TPSA) is 34.9 Å². The number of aromatic nitrogens is 2. The average Bonchev–Trinajstić information content (AvgIpc) is 2.78.